The standard InChI is InChI=1S/C27H22F5N3O3/c1-15-14-34(7-8-35(15)26(36)16-9-18(28)12-19(29)10-16)25-21-13-20(37-2)4-6-23(21)38-24-5-3-17(27(30,31)32)11-22(24)33-25/h3-6,9-13,15H,7-8,14H2,1-2H3/t15-/m0/s1. The maximum absolute atomic E-state index is 13.7. The Morgan fingerprint density at radius 3 is 2.37 bits per heavy atom. The third-order valence-corrected chi connectivity index (χ3v) is 6.46. The van der Waals surface area contributed by atoms with Gasteiger partial charge in [-0.25, -0.2) is 13.8 Å². The quantitative estimate of drug-likeness (QED) is 0.380. The Morgan fingerprint density at radius 1 is 1.00 bits per heavy atom. The Bertz CT molecular complexity index is 1420. The first kappa shape index (κ1) is 25.5. The summed E-state index contributed by atoms with van der Waals surface area (Å²) >= 11 is 0. The summed E-state index contributed by atoms with van der Waals surface area (Å²) in [5, 5.41) is 0. The molecule has 0 aromatic heterocycles. The third-order valence-electron chi connectivity index (χ3n) is 6.46. The summed E-state index contributed by atoms with van der Waals surface area (Å²) in [7, 11) is 1.49. The molecule has 38 heavy (non-hydrogen) atoms. The topological polar surface area (TPSA) is 54.4 Å². The van der Waals surface area contributed by atoms with Gasteiger partial charge < -0.3 is 19.3 Å². The number of halogens is 5. The van der Waals surface area contributed by atoms with Crippen molar-refractivity contribution in [2.24, 2.45) is 4.99 Å². The van der Waals surface area contributed by atoms with Crippen LogP contribution in [-0.2, 0) is 6.18 Å². The second-order valence-corrected chi connectivity index (χ2v) is 9.03. The van der Waals surface area contributed by atoms with Gasteiger partial charge in [0.1, 0.15) is 34.7 Å². The molecule has 2 aliphatic rings. The fourth-order valence-electron chi connectivity index (χ4n) is 4.60. The van der Waals surface area contributed by atoms with Crippen molar-refractivity contribution in [3.63, 3.8) is 0 Å². The number of hydrogen-bond donors (Lipinski definition) is 0. The number of alkyl halides is 3. The average Bonchev–Trinajstić information content (AvgIpc) is 3.03. The minimum absolute atomic E-state index is 0.00591. The molecule has 198 valence electrons. The lowest BCUT2D eigenvalue weighted by molar-refractivity contribution is -0.137. The SMILES string of the molecule is COc1ccc2c(c1)C(N1CCN(C(=O)c3cc(F)cc(F)c3)[C@@H](C)C1)=Nc1cc(C(F)(F)F)ccc1O2. The Morgan fingerprint density at radius 2 is 1.71 bits per heavy atom. The Labute approximate surface area is 214 Å². The summed E-state index contributed by atoms with van der Waals surface area (Å²) in [6.07, 6.45) is -4.57. The van der Waals surface area contributed by atoms with Gasteiger partial charge in [-0.2, -0.15) is 13.2 Å². The van der Waals surface area contributed by atoms with Gasteiger partial charge in [0.05, 0.1) is 18.2 Å². The predicted molar refractivity (Wildman–Crippen MR) is 129 cm³/mol. The van der Waals surface area contributed by atoms with E-state index in [9.17, 15) is 26.7 Å². The number of ether oxygens (including phenoxy) is 2. The van der Waals surface area contributed by atoms with E-state index in [1.54, 1.807) is 25.1 Å². The first-order valence-electron chi connectivity index (χ1n) is 11.7. The zero-order valence-electron chi connectivity index (χ0n) is 20.4. The molecule has 0 aliphatic carbocycles. The number of fused-ring (bicyclic) bond motifs is 2. The molecule has 3 aromatic carbocycles. The number of benzene rings is 3. The number of methoxy groups -OCH3 is 1. The molecule has 0 unspecified atom stereocenters. The van der Waals surface area contributed by atoms with Gasteiger partial charge in [-0.3, -0.25) is 4.79 Å². The maximum atomic E-state index is 13.7. The van der Waals surface area contributed by atoms with Gasteiger partial charge in [-0.05, 0) is 55.5 Å². The van der Waals surface area contributed by atoms with Crippen molar-refractivity contribution >= 4 is 17.4 Å². The van der Waals surface area contributed by atoms with Crippen molar-refractivity contribution in [1.82, 2.24) is 9.80 Å². The van der Waals surface area contributed by atoms with Crippen LogP contribution >= 0.6 is 0 Å². The largest absolute Gasteiger partial charge is 0.497 e. The number of hydrogen-bond acceptors (Lipinski definition) is 5. The van der Waals surface area contributed by atoms with E-state index < -0.39 is 35.3 Å². The molecule has 2 heterocycles. The highest BCUT2D eigenvalue weighted by Gasteiger charge is 2.34. The van der Waals surface area contributed by atoms with E-state index in [0.717, 1.165) is 24.3 Å². The summed E-state index contributed by atoms with van der Waals surface area (Å²) in [6.45, 7) is 2.48. The Kier molecular flexibility index (Phi) is 6.46. The molecule has 0 radical (unpaired) electrons. The Balaban J connectivity index is 1.51. The van der Waals surface area contributed by atoms with Crippen LogP contribution in [0.2, 0.25) is 0 Å². The van der Waals surface area contributed by atoms with Gasteiger partial charge in [-0.15, -0.1) is 0 Å². The second kappa shape index (κ2) is 9.62. The molecule has 1 fully saturated rings. The molecule has 1 saturated heterocycles. The van der Waals surface area contributed by atoms with Gasteiger partial charge in [0.15, 0.2) is 5.75 Å². The lowest BCUT2D eigenvalue weighted by atomic mass is 10.1. The Hall–Kier alpha value is -4.15. The summed E-state index contributed by atoms with van der Waals surface area (Å²) in [5.74, 6) is -0.836. The highest BCUT2D eigenvalue weighted by atomic mass is 19.4. The summed E-state index contributed by atoms with van der Waals surface area (Å²) < 4.78 is 79.0. The average molecular weight is 531 g/mol. The fraction of sp³-hybridized carbons (Fsp3) is 0.259. The van der Waals surface area contributed by atoms with Crippen LogP contribution < -0.4 is 9.47 Å². The molecule has 3 aromatic rings. The minimum atomic E-state index is -4.57. The minimum Gasteiger partial charge on any atom is -0.497 e. The van der Waals surface area contributed by atoms with Crippen molar-refractivity contribution in [3.8, 4) is 17.2 Å². The molecule has 0 spiro atoms. The van der Waals surface area contributed by atoms with E-state index in [2.05, 4.69) is 4.99 Å². The summed E-state index contributed by atoms with van der Waals surface area (Å²) in [5.41, 5.74) is -0.455. The second-order valence-electron chi connectivity index (χ2n) is 9.03. The molecule has 11 heteroatoms. The first-order chi connectivity index (χ1) is 18.0. The van der Waals surface area contributed by atoms with E-state index in [4.69, 9.17) is 9.47 Å². The molecule has 2 aliphatic heterocycles. The highest BCUT2D eigenvalue weighted by Crippen LogP contribution is 2.42. The van der Waals surface area contributed by atoms with E-state index in [1.165, 1.54) is 18.1 Å². The van der Waals surface area contributed by atoms with Crippen LogP contribution in [0.15, 0.2) is 59.6 Å². The normalized spacial score (nSPS) is 17.1. The number of rotatable bonds is 2. The van der Waals surface area contributed by atoms with E-state index in [1.807, 2.05) is 4.90 Å². The van der Waals surface area contributed by atoms with Crippen LogP contribution in [0.1, 0.15) is 28.4 Å². The molecule has 1 atom stereocenters. The van der Waals surface area contributed by atoms with Crippen LogP contribution in [0.5, 0.6) is 17.2 Å². The molecule has 0 N–H and O–H groups in total. The maximum Gasteiger partial charge on any atom is 0.416 e. The zero-order chi connectivity index (χ0) is 27.2. The number of carbonyl (C=O) groups is 1. The molecule has 0 bridgehead atoms. The van der Waals surface area contributed by atoms with Crippen molar-refractivity contribution in [2.75, 3.05) is 26.7 Å². The zero-order valence-corrected chi connectivity index (χ0v) is 20.4. The number of amides is 1. The van der Waals surface area contributed by atoms with E-state index >= 15 is 0 Å². The van der Waals surface area contributed by atoms with Crippen molar-refractivity contribution < 1.29 is 36.2 Å². The lowest BCUT2D eigenvalue weighted by Crippen LogP contribution is -2.55. The number of piperazine rings is 1. The molecule has 5 rings (SSSR count). The van der Waals surface area contributed by atoms with Gasteiger partial charge in [0.25, 0.3) is 5.91 Å². The number of aliphatic imine (C=N–C) groups is 1. The van der Waals surface area contributed by atoms with Crippen LogP contribution in [-0.4, -0.2) is 54.3 Å². The van der Waals surface area contributed by atoms with Crippen LogP contribution in [0.4, 0.5) is 27.6 Å². The van der Waals surface area contributed by atoms with Crippen molar-refractivity contribution in [2.45, 2.75) is 19.1 Å². The van der Waals surface area contributed by atoms with Crippen molar-refractivity contribution in [1.29, 1.82) is 0 Å². The van der Waals surface area contributed by atoms with Gasteiger partial charge in [-0.1, -0.05) is 0 Å². The van der Waals surface area contributed by atoms with Crippen LogP contribution in [0.3, 0.4) is 0 Å². The highest BCUT2D eigenvalue weighted by molar-refractivity contribution is 6.04. The van der Waals surface area contributed by atoms with E-state index in [-0.39, 0.29) is 36.6 Å². The predicted octanol–water partition coefficient (Wildman–Crippen LogP) is 6.02. The number of amidine groups is 1. The van der Waals surface area contributed by atoms with Gasteiger partial charge >= 0.3 is 6.18 Å². The lowest BCUT2D eigenvalue weighted by Gasteiger charge is -2.41. The van der Waals surface area contributed by atoms with Crippen molar-refractivity contribution in [3.05, 3.63) is 82.9 Å². The monoisotopic (exact) mass is 531 g/mol. The van der Waals surface area contributed by atoms with Crippen LogP contribution in [0, 0.1) is 11.6 Å². The smallest absolute Gasteiger partial charge is 0.416 e. The molecular formula is C27H22F5N3O3. The molecule has 0 saturated carbocycles. The number of nitrogens with zero attached hydrogens (tertiary/aromatic N) is 3. The molecule has 1 amide bonds. The van der Waals surface area contributed by atoms with Gasteiger partial charge in [0, 0.05) is 37.3 Å². The summed E-state index contributed by atoms with van der Waals surface area (Å²) in [6, 6.07) is 10.3. The number of carbonyl (C=O) groups excluding carboxylic acids is 1. The third kappa shape index (κ3) is 4.88. The first-order valence-corrected chi connectivity index (χ1v) is 11.7. The van der Waals surface area contributed by atoms with Gasteiger partial charge in [0.2, 0.25) is 0 Å². The molecule has 6 nitrogen and oxygen atoms in total. The van der Waals surface area contributed by atoms with E-state index in [0.29, 0.717) is 29.0 Å². The molecular weight excluding hydrogens is 509 g/mol. The summed E-state index contributed by atoms with van der Waals surface area (Å²) in [4.78, 5) is 21.0. The van der Waals surface area contributed by atoms with Crippen LogP contribution in [0.25, 0.3) is 0 Å². The fourth-order valence-corrected chi connectivity index (χ4v) is 4.60.